The lowest BCUT2D eigenvalue weighted by atomic mass is 10.1. The third kappa shape index (κ3) is 4.40. The number of rotatable bonds is 4. The molecule has 0 radical (unpaired) electrons. The zero-order chi connectivity index (χ0) is 17.8. The van der Waals surface area contributed by atoms with E-state index in [1.54, 1.807) is 23.7 Å². The molecule has 0 unspecified atom stereocenters. The number of nitrogens with zero attached hydrogens (tertiary/aromatic N) is 2. The van der Waals surface area contributed by atoms with Gasteiger partial charge in [0.2, 0.25) is 0 Å². The molecule has 1 aromatic carbocycles. The highest BCUT2D eigenvalue weighted by Crippen LogP contribution is 2.23. The zero-order valence-electron chi connectivity index (χ0n) is 14.4. The molecule has 6 heteroatoms. The lowest BCUT2D eigenvalue weighted by molar-refractivity contribution is 0.0933. The Kier molecular flexibility index (Phi) is 5.74. The Morgan fingerprint density at radius 2 is 1.88 bits per heavy atom. The molecule has 1 heterocycles. The van der Waals surface area contributed by atoms with E-state index in [0.717, 1.165) is 31.2 Å². The summed E-state index contributed by atoms with van der Waals surface area (Å²) in [6, 6.07) is 6.39. The summed E-state index contributed by atoms with van der Waals surface area (Å²) in [5.41, 5.74) is 1.92. The predicted molar refractivity (Wildman–Crippen MR) is 96.4 cm³/mol. The molecule has 4 nitrogen and oxygen atoms in total. The first-order valence-electron chi connectivity index (χ1n) is 8.83. The summed E-state index contributed by atoms with van der Waals surface area (Å²) in [7, 11) is 0. The number of nitrogens with one attached hydrogen (secondary N) is 1. The van der Waals surface area contributed by atoms with E-state index < -0.39 is 0 Å². The number of carbonyl (C=O) groups excluding carboxylic acids is 1. The zero-order valence-corrected chi connectivity index (χ0v) is 15.2. The van der Waals surface area contributed by atoms with Crippen LogP contribution in [-0.4, -0.2) is 21.7 Å². The van der Waals surface area contributed by atoms with Crippen LogP contribution in [0.3, 0.4) is 0 Å². The highest BCUT2D eigenvalue weighted by Gasteiger charge is 2.23. The fraction of sp³-hybridized carbons (Fsp3) is 0.474. The van der Waals surface area contributed by atoms with Gasteiger partial charge in [-0.2, -0.15) is 5.10 Å². The molecule has 0 atom stereocenters. The molecule has 1 aliphatic rings. The highest BCUT2D eigenvalue weighted by atomic mass is 35.5. The second kappa shape index (κ2) is 8.00. The number of halogens is 2. The van der Waals surface area contributed by atoms with Crippen molar-refractivity contribution in [1.82, 2.24) is 15.1 Å². The van der Waals surface area contributed by atoms with E-state index in [-0.39, 0.29) is 17.8 Å². The molecule has 0 aliphatic heterocycles. The first-order valence-corrected chi connectivity index (χ1v) is 9.20. The van der Waals surface area contributed by atoms with Crippen LogP contribution < -0.4 is 5.32 Å². The molecule has 0 spiro atoms. The molecule has 1 aliphatic carbocycles. The van der Waals surface area contributed by atoms with E-state index in [4.69, 9.17) is 11.6 Å². The number of benzene rings is 1. The van der Waals surface area contributed by atoms with E-state index in [1.807, 2.05) is 0 Å². The van der Waals surface area contributed by atoms with E-state index in [0.29, 0.717) is 23.0 Å². The lowest BCUT2D eigenvalue weighted by Crippen LogP contribution is -2.34. The summed E-state index contributed by atoms with van der Waals surface area (Å²) < 4.78 is 14.6. The molecular formula is C19H23ClFN3O. The van der Waals surface area contributed by atoms with Gasteiger partial charge in [-0.1, -0.05) is 49.4 Å². The first kappa shape index (κ1) is 17.9. The lowest BCUT2D eigenvalue weighted by Gasteiger charge is -2.16. The minimum absolute atomic E-state index is 0.153. The molecule has 25 heavy (non-hydrogen) atoms. The summed E-state index contributed by atoms with van der Waals surface area (Å²) in [6.45, 7) is 2.19. The quantitative estimate of drug-likeness (QED) is 0.814. The van der Waals surface area contributed by atoms with Gasteiger partial charge in [0.25, 0.3) is 5.91 Å². The van der Waals surface area contributed by atoms with Crippen LogP contribution in [0, 0.1) is 12.7 Å². The average molecular weight is 364 g/mol. The van der Waals surface area contributed by atoms with Crippen LogP contribution in [0.4, 0.5) is 4.39 Å². The minimum Gasteiger partial charge on any atom is -0.349 e. The van der Waals surface area contributed by atoms with Gasteiger partial charge in [-0.15, -0.1) is 0 Å². The molecular weight excluding hydrogens is 341 g/mol. The summed E-state index contributed by atoms with van der Waals surface area (Å²) in [5.74, 6) is -0.435. The van der Waals surface area contributed by atoms with Crippen LogP contribution in [0.5, 0.6) is 0 Å². The Morgan fingerprint density at radius 3 is 2.52 bits per heavy atom. The Labute approximate surface area is 152 Å². The van der Waals surface area contributed by atoms with Crippen molar-refractivity contribution in [1.29, 1.82) is 0 Å². The maximum absolute atomic E-state index is 13.0. The van der Waals surface area contributed by atoms with Crippen LogP contribution in [0.1, 0.15) is 60.1 Å². The van der Waals surface area contributed by atoms with Gasteiger partial charge >= 0.3 is 0 Å². The van der Waals surface area contributed by atoms with Crippen molar-refractivity contribution in [3.8, 4) is 0 Å². The molecule has 2 aromatic rings. The molecule has 1 N–H and O–H groups in total. The Balaban J connectivity index is 1.74. The number of carbonyl (C=O) groups is 1. The van der Waals surface area contributed by atoms with Crippen molar-refractivity contribution in [2.24, 2.45) is 0 Å². The second-order valence-electron chi connectivity index (χ2n) is 6.70. The Hall–Kier alpha value is -1.88. The fourth-order valence-corrected chi connectivity index (χ4v) is 3.68. The van der Waals surface area contributed by atoms with E-state index in [1.165, 1.54) is 25.0 Å². The monoisotopic (exact) mass is 363 g/mol. The SMILES string of the molecule is Cc1nn(Cc2ccc(F)cc2)c(Cl)c1C(=O)NC1CCCCCC1. The van der Waals surface area contributed by atoms with Crippen molar-refractivity contribution in [2.75, 3.05) is 0 Å². The standard InChI is InChI=1S/C19H23ClFN3O/c1-13-17(19(25)22-16-6-4-2-3-5-7-16)18(20)24(23-13)12-14-8-10-15(21)11-9-14/h8-11,16H,2-7,12H2,1H3,(H,22,25). The molecule has 1 aromatic heterocycles. The molecule has 0 bridgehead atoms. The summed E-state index contributed by atoms with van der Waals surface area (Å²) in [5, 5.41) is 7.83. The van der Waals surface area contributed by atoms with Gasteiger partial charge in [0.05, 0.1) is 17.8 Å². The maximum atomic E-state index is 13.0. The fourth-order valence-electron chi connectivity index (χ4n) is 3.36. The minimum atomic E-state index is -0.282. The predicted octanol–water partition coefficient (Wildman–Crippen LogP) is 4.48. The maximum Gasteiger partial charge on any atom is 0.256 e. The van der Waals surface area contributed by atoms with Crippen molar-refractivity contribution in [3.63, 3.8) is 0 Å². The number of aromatic nitrogens is 2. The third-order valence-corrected chi connectivity index (χ3v) is 5.11. The summed E-state index contributed by atoms with van der Waals surface area (Å²) >= 11 is 6.42. The highest BCUT2D eigenvalue weighted by molar-refractivity contribution is 6.33. The van der Waals surface area contributed by atoms with Crippen molar-refractivity contribution in [3.05, 3.63) is 52.1 Å². The van der Waals surface area contributed by atoms with Gasteiger partial charge in [0.1, 0.15) is 11.0 Å². The van der Waals surface area contributed by atoms with E-state index >= 15 is 0 Å². The van der Waals surface area contributed by atoms with E-state index in [2.05, 4.69) is 10.4 Å². The van der Waals surface area contributed by atoms with Crippen molar-refractivity contribution in [2.45, 2.75) is 58.0 Å². The van der Waals surface area contributed by atoms with Gasteiger partial charge in [-0.3, -0.25) is 4.79 Å². The smallest absolute Gasteiger partial charge is 0.256 e. The molecule has 3 rings (SSSR count). The molecule has 1 fully saturated rings. The number of hydrogen-bond acceptors (Lipinski definition) is 2. The Bertz CT molecular complexity index is 734. The first-order chi connectivity index (χ1) is 12.0. The van der Waals surface area contributed by atoms with Crippen LogP contribution in [0.2, 0.25) is 5.15 Å². The summed E-state index contributed by atoms with van der Waals surface area (Å²) in [4.78, 5) is 12.7. The average Bonchev–Trinajstić information content (AvgIpc) is 2.76. The molecule has 1 saturated carbocycles. The van der Waals surface area contributed by atoms with Gasteiger partial charge in [0, 0.05) is 6.04 Å². The van der Waals surface area contributed by atoms with Crippen LogP contribution in [0.25, 0.3) is 0 Å². The van der Waals surface area contributed by atoms with E-state index in [9.17, 15) is 9.18 Å². The van der Waals surface area contributed by atoms with Gasteiger partial charge in [0.15, 0.2) is 0 Å². The number of amides is 1. The normalized spacial score (nSPS) is 15.8. The molecule has 1 amide bonds. The second-order valence-corrected chi connectivity index (χ2v) is 7.06. The van der Waals surface area contributed by atoms with Crippen LogP contribution in [0.15, 0.2) is 24.3 Å². The largest absolute Gasteiger partial charge is 0.349 e. The molecule has 0 saturated heterocycles. The van der Waals surface area contributed by atoms with Crippen molar-refractivity contribution >= 4 is 17.5 Å². The van der Waals surface area contributed by atoms with Crippen molar-refractivity contribution < 1.29 is 9.18 Å². The van der Waals surface area contributed by atoms with Gasteiger partial charge in [-0.05, 0) is 37.5 Å². The van der Waals surface area contributed by atoms with Gasteiger partial charge < -0.3 is 5.32 Å². The van der Waals surface area contributed by atoms with Crippen LogP contribution in [-0.2, 0) is 6.54 Å². The van der Waals surface area contributed by atoms with Gasteiger partial charge in [-0.25, -0.2) is 9.07 Å². The third-order valence-electron chi connectivity index (χ3n) is 4.73. The topological polar surface area (TPSA) is 46.9 Å². The number of aryl methyl sites for hydroxylation is 1. The summed E-state index contributed by atoms with van der Waals surface area (Å²) in [6.07, 6.45) is 6.82. The van der Waals surface area contributed by atoms with Crippen LogP contribution >= 0.6 is 11.6 Å². The Morgan fingerprint density at radius 1 is 1.24 bits per heavy atom. The molecule has 134 valence electrons. The number of hydrogen-bond donors (Lipinski definition) is 1.